The fourth-order valence-corrected chi connectivity index (χ4v) is 5.52. The fraction of sp³-hybridized carbons (Fsp3) is 0.333. The highest BCUT2D eigenvalue weighted by atomic mass is 32.2. The van der Waals surface area contributed by atoms with Crippen molar-refractivity contribution in [3.05, 3.63) is 84.2 Å². The van der Waals surface area contributed by atoms with Gasteiger partial charge in [0.05, 0.1) is 24.8 Å². The zero-order valence-corrected chi connectivity index (χ0v) is 24.7. The number of sulfonamides is 1. The molecule has 0 radical (unpaired) electrons. The molecule has 0 spiro atoms. The van der Waals surface area contributed by atoms with Crippen molar-refractivity contribution in [1.82, 2.24) is 10.2 Å². The lowest BCUT2D eigenvalue weighted by atomic mass is 10.1. The Bertz CT molecular complexity index is 1450. The van der Waals surface area contributed by atoms with Crippen molar-refractivity contribution in [3.63, 3.8) is 0 Å². The maximum absolute atomic E-state index is 14.7. The van der Waals surface area contributed by atoms with Crippen LogP contribution in [0.25, 0.3) is 0 Å². The molecule has 1 N–H and O–H groups in total. The van der Waals surface area contributed by atoms with Gasteiger partial charge in [-0.2, -0.15) is 0 Å². The van der Waals surface area contributed by atoms with E-state index in [1.165, 1.54) is 68.5 Å². The number of rotatable bonds is 13. The third-order valence-corrected chi connectivity index (χ3v) is 8.51. The second kappa shape index (κ2) is 14.0. The van der Waals surface area contributed by atoms with Gasteiger partial charge in [0.1, 0.15) is 29.9 Å². The Morgan fingerprint density at radius 3 is 2.22 bits per heavy atom. The summed E-state index contributed by atoms with van der Waals surface area (Å²) in [7, 11) is -1.50. The SMILES string of the molecule is CC[C@H](C)NC(=O)[C@H](C)N(Cc1ccccc1F)C(=O)CN(c1cc(OC)ccc1OC)S(=O)(=O)c1ccccc1. The van der Waals surface area contributed by atoms with Crippen LogP contribution in [-0.2, 0) is 26.2 Å². The van der Waals surface area contributed by atoms with E-state index in [0.717, 1.165) is 4.31 Å². The number of anilines is 1. The van der Waals surface area contributed by atoms with Gasteiger partial charge in [0.15, 0.2) is 0 Å². The Balaban J connectivity index is 2.11. The molecule has 2 amide bonds. The molecular formula is C30H36FN3O6S. The molecule has 3 aromatic rings. The van der Waals surface area contributed by atoms with Gasteiger partial charge >= 0.3 is 0 Å². The summed E-state index contributed by atoms with van der Waals surface area (Å²) in [4.78, 5) is 28.3. The van der Waals surface area contributed by atoms with Crippen LogP contribution in [0.15, 0.2) is 77.7 Å². The Hall–Kier alpha value is -4.12. The normalized spacial score (nSPS) is 12.6. The number of hydrogen-bond donors (Lipinski definition) is 1. The number of benzene rings is 3. The van der Waals surface area contributed by atoms with E-state index < -0.39 is 40.2 Å². The summed E-state index contributed by atoms with van der Waals surface area (Å²) < 4.78 is 54.3. The fourth-order valence-electron chi connectivity index (χ4n) is 4.08. The van der Waals surface area contributed by atoms with Gasteiger partial charge in [-0.3, -0.25) is 13.9 Å². The molecule has 0 unspecified atom stereocenters. The number of ether oxygens (including phenoxy) is 2. The number of carbonyl (C=O) groups excluding carboxylic acids is 2. The van der Waals surface area contributed by atoms with Gasteiger partial charge in [-0.15, -0.1) is 0 Å². The molecule has 0 aliphatic rings. The highest BCUT2D eigenvalue weighted by Gasteiger charge is 2.34. The summed E-state index contributed by atoms with van der Waals surface area (Å²) in [6.07, 6.45) is 0.665. The largest absolute Gasteiger partial charge is 0.497 e. The van der Waals surface area contributed by atoms with Crippen LogP contribution < -0.4 is 19.1 Å². The van der Waals surface area contributed by atoms with Crippen LogP contribution in [0.4, 0.5) is 10.1 Å². The molecular weight excluding hydrogens is 549 g/mol. The second-order valence-corrected chi connectivity index (χ2v) is 11.3. The van der Waals surface area contributed by atoms with E-state index in [-0.39, 0.29) is 34.5 Å². The van der Waals surface area contributed by atoms with E-state index >= 15 is 0 Å². The first-order chi connectivity index (χ1) is 19.5. The van der Waals surface area contributed by atoms with E-state index in [0.29, 0.717) is 12.2 Å². The minimum absolute atomic E-state index is 0.0547. The lowest BCUT2D eigenvalue weighted by molar-refractivity contribution is -0.139. The Kier molecular flexibility index (Phi) is 10.7. The predicted octanol–water partition coefficient (Wildman–Crippen LogP) is 4.37. The first-order valence-corrected chi connectivity index (χ1v) is 14.6. The third kappa shape index (κ3) is 7.55. The Labute approximate surface area is 240 Å². The Morgan fingerprint density at radius 1 is 0.951 bits per heavy atom. The monoisotopic (exact) mass is 585 g/mol. The zero-order valence-electron chi connectivity index (χ0n) is 23.8. The smallest absolute Gasteiger partial charge is 0.264 e. The zero-order chi connectivity index (χ0) is 30.2. The molecule has 0 fully saturated rings. The highest BCUT2D eigenvalue weighted by Crippen LogP contribution is 2.36. The molecule has 3 aromatic carbocycles. The molecule has 3 rings (SSSR count). The highest BCUT2D eigenvalue weighted by molar-refractivity contribution is 7.92. The van der Waals surface area contributed by atoms with Crippen LogP contribution in [-0.4, -0.2) is 58.0 Å². The molecule has 0 aromatic heterocycles. The minimum Gasteiger partial charge on any atom is -0.497 e. The molecule has 9 nitrogen and oxygen atoms in total. The Morgan fingerprint density at radius 2 is 1.61 bits per heavy atom. The lowest BCUT2D eigenvalue weighted by Crippen LogP contribution is -2.52. The molecule has 0 saturated heterocycles. The summed E-state index contributed by atoms with van der Waals surface area (Å²) in [5.74, 6) is -1.19. The van der Waals surface area contributed by atoms with Crippen molar-refractivity contribution in [2.24, 2.45) is 0 Å². The maximum Gasteiger partial charge on any atom is 0.264 e. The average Bonchev–Trinajstić information content (AvgIpc) is 2.98. The third-order valence-electron chi connectivity index (χ3n) is 6.73. The number of methoxy groups -OCH3 is 2. The average molecular weight is 586 g/mol. The lowest BCUT2D eigenvalue weighted by Gasteiger charge is -2.33. The molecule has 0 saturated carbocycles. The summed E-state index contributed by atoms with van der Waals surface area (Å²) in [5.41, 5.74) is 0.243. The van der Waals surface area contributed by atoms with Crippen molar-refractivity contribution in [1.29, 1.82) is 0 Å². The summed E-state index contributed by atoms with van der Waals surface area (Å²) in [6, 6.07) is 17.0. The van der Waals surface area contributed by atoms with Gasteiger partial charge < -0.3 is 19.7 Å². The van der Waals surface area contributed by atoms with Crippen molar-refractivity contribution in [3.8, 4) is 11.5 Å². The second-order valence-electron chi connectivity index (χ2n) is 9.47. The maximum atomic E-state index is 14.7. The summed E-state index contributed by atoms with van der Waals surface area (Å²) >= 11 is 0. The van der Waals surface area contributed by atoms with E-state index in [1.807, 2.05) is 13.8 Å². The topological polar surface area (TPSA) is 105 Å². The molecule has 2 atom stereocenters. The predicted molar refractivity (Wildman–Crippen MR) is 155 cm³/mol. The van der Waals surface area contributed by atoms with Crippen LogP contribution in [0.3, 0.4) is 0 Å². The van der Waals surface area contributed by atoms with Gasteiger partial charge in [0.25, 0.3) is 10.0 Å². The van der Waals surface area contributed by atoms with Gasteiger partial charge in [0.2, 0.25) is 11.8 Å². The van der Waals surface area contributed by atoms with Crippen molar-refractivity contribution < 1.29 is 31.9 Å². The first-order valence-electron chi connectivity index (χ1n) is 13.2. The van der Waals surface area contributed by atoms with Gasteiger partial charge in [-0.25, -0.2) is 12.8 Å². The van der Waals surface area contributed by atoms with E-state index in [2.05, 4.69) is 5.32 Å². The standard InChI is InChI=1S/C30H36FN3O6S/c1-6-21(2)32-30(36)22(3)33(19-23-12-10-11-15-26(23)31)29(35)20-34(41(37,38)25-13-8-7-9-14-25)27-18-24(39-4)16-17-28(27)40-5/h7-18,21-22H,6,19-20H2,1-5H3,(H,32,36)/t21-,22-/m0/s1. The number of halogens is 1. The van der Waals surface area contributed by atoms with Gasteiger partial charge in [-0.05, 0) is 50.6 Å². The number of nitrogens with zero attached hydrogens (tertiary/aromatic N) is 2. The van der Waals surface area contributed by atoms with Crippen molar-refractivity contribution >= 4 is 27.5 Å². The molecule has 0 bridgehead atoms. The number of hydrogen-bond acceptors (Lipinski definition) is 6. The molecule has 41 heavy (non-hydrogen) atoms. The summed E-state index contributed by atoms with van der Waals surface area (Å²) in [6.45, 7) is 4.31. The van der Waals surface area contributed by atoms with Crippen LogP contribution in [0.1, 0.15) is 32.8 Å². The van der Waals surface area contributed by atoms with E-state index in [4.69, 9.17) is 9.47 Å². The van der Waals surface area contributed by atoms with E-state index in [9.17, 15) is 22.4 Å². The molecule has 11 heteroatoms. The summed E-state index contributed by atoms with van der Waals surface area (Å²) in [5, 5.41) is 2.84. The van der Waals surface area contributed by atoms with Crippen molar-refractivity contribution in [2.45, 2.75) is 50.7 Å². The quantitative estimate of drug-likeness (QED) is 0.320. The van der Waals surface area contributed by atoms with Gasteiger partial charge in [-0.1, -0.05) is 43.3 Å². The van der Waals surface area contributed by atoms with Crippen LogP contribution in [0.5, 0.6) is 11.5 Å². The van der Waals surface area contributed by atoms with E-state index in [1.54, 1.807) is 30.3 Å². The number of amides is 2. The van der Waals surface area contributed by atoms with Crippen LogP contribution >= 0.6 is 0 Å². The van der Waals surface area contributed by atoms with Crippen molar-refractivity contribution in [2.75, 3.05) is 25.1 Å². The molecule has 0 heterocycles. The van der Waals surface area contributed by atoms with Crippen LogP contribution in [0.2, 0.25) is 0 Å². The first kappa shape index (κ1) is 31.4. The van der Waals surface area contributed by atoms with Gasteiger partial charge in [0, 0.05) is 24.2 Å². The number of nitrogens with one attached hydrogen (secondary N) is 1. The minimum atomic E-state index is -4.31. The molecule has 0 aliphatic carbocycles. The number of carbonyl (C=O) groups is 2. The molecule has 220 valence electrons. The van der Waals surface area contributed by atoms with Crippen LogP contribution in [0, 0.1) is 5.82 Å². The molecule has 0 aliphatic heterocycles.